The van der Waals surface area contributed by atoms with E-state index in [9.17, 15) is 4.79 Å². The zero-order valence-corrected chi connectivity index (χ0v) is 10.3. The number of aromatic nitrogens is 1. The third kappa shape index (κ3) is 3.15. The molecule has 1 aromatic heterocycles. The highest BCUT2D eigenvalue weighted by molar-refractivity contribution is 7.16. The first-order chi connectivity index (χ1) is 8.77. The van der Waals surface area contributed by atoms with Crippen molar-refractivity contribution in [3.8, 4) is 0 Å². The molecule has 1 heterocycles. The summed E-state index contributed by atoms with van der Waals surface area (Å²) >= 11 is 1.68. The van der Waals surface area contributed by atoms with Crippen LogP contribution in [0.1, 0.15) is 10.4 Å². The Morgan fingerprint density at radius 3 is 2.28 bits per heavy atom. The number of rotatable bonds is 1. The molecule has 0 saturated heterocycles. The summed E-state index contributed by atoms with van der Waals surface area (Å²) in [6.07, 6.45) is 0. The number of hydrogen-bond acceptors (Lipinski definition) is 3. The Balaban J connectivity index is 0.000000134. The van der Waals surface area contributed by atoms with E-state index in [2.05, 4.69) is 11.1 Å². The van der Waals surface area contributed by atoms with Crippen LogP contribution in [0, 0.1) is 0 Å². The lowest BCUT2D eigenvalue weighted by Crippen LogP contribution is -1.93. The molecule has 0 saturated carbocycles. The summed E-state index contributed by atoms with van der Waals surface area (Å²) in [6, 6.07) is 16.4. The highest BCUT2D eigenvalue weighted by Crippen LogP contribution is 2.15. The van der Waals surface area contributed by atoms with Crippen LogP contribution in [0.5, 0.6) is 0 Å². The van der Waals surface area contributed by atoms with Crippen LogP contribution in [0.2, 0.25) is 0 Å². The first-order valence-corrected chi connectivity index (χ1v) is 6.22. The van der Waals surface area contributed by atoms with Gasteiger partial charge in [-0.25, -0.2) is 9.78 Å². The Bertz CT molecular complexity index is 604. The highest BCUT2D eigenvalue weighted by atomic mass is 32.1. The Labute approximate surface area is 108 Å². The van der Waals surface area contributed by atoms with Gasteiger partial charge in [-0.3, -0.25) is 0 Å². The van der Waals surface area contributed by atoms with Gasteiger partial charge in [-0.05, 0) is 24.3 Å². The predicted octanol–water partition coefficient (Wildman–Crippen LogP) is 3.68. The number of thiazole rings is 1. The normalized spacial score (nSPS) is 9.56. The largest absolute Gasteiger partial charge is 0.478 e. The fraction of sp³-hybridized carbons (Fsp3) is 0. The molecule has 18 heavy (non-hydrogen) atoms. The average molecular weight is 257 g/mol. The van der Waals surface area contributed by atoms with Gasteiger partial charge in [0, 0.05) is 0 Å². The quantitative estimate of drug-likeness (QED) is 0.723. The number of nitrogens with zero attached hydrogens (tertiary/aromatic N) is 1. The molecule has 0 unspecified atom stereocenters. The molecule has 0 aliphatic carbocycles. The maximum absolute atomic E-state index is 10.2. The van der Waals surface area contributed by atoms with Crippen molar-refractivity contribution >= 4 is 27.5 Å². The molecular formula is C14H11NO2S. The molecule has 2 aromatic carbocycles. The van der Waals surface area contributed by atoms with Crippen LogP contribution in [0.3, 0.4) is 0 Å². The minimum atomic E-state index is -0.879. The molecule has 1 N–H and O–H groups in total. The number of benzene rings is 2. The Kier molecular flexibility index (Phi) is 4.04. The molecule has 3 nitrogen and oxygen atoms in total. The van der Waals surface area contributed by atoms with E-state index >= 15 is 0 Å². The van der Waals surface area contributed by atoms with Gasteiger partial charge in [0.05, 0.1) is 21.3 Å². The lowest BCUT2D eigenvalue weighted by molar-refractivity contribution is 0.0697. The molecule has 3 rings (SSSR count). The van der Waals surface area contributed by atoms with Gasteiger partial charge in [-0.15, -0.1) is 11.3 Å². The molecule has 0 atom stereocenters. The second kappa shape index (κ2) is 5.93. The first-order valence-electron chi connectivity index (χ1n) is 5.34. The smallest absolute Gasteiger partial charge is 0.335 e. The van der Waals surface area contributed by atoms with Crippen LogP contribution < -0.4 is 0 Å². The fourth-order valence-electron chi connectivity index (χ4n) is 1.38. The maximum atomic E-state index is 10.2. The number of aromatic carboxylic acids is 1. The molecular weight excluding hydrogens is 246 g/mol. The van der Waals surface area contributed by atoms with E-state index < -0.39 is 5.97 Å². The van der Waals surface area contributed by atoms with Gasteiger partial charge in [-0.2, -0.15) is 0 Å². The van der Waals surface area contributed by atoms with Gasteiger partial charge in [0.1, 0.15) is 0 Å². The summed E-state index contributed by atoms with van der Waals surface area (Å²) in [4.78, 5) is 14.3. The molecule has 0 bridgehead atoms. The molecule has 4 heteroatoms. The van der Waals surface area contributed by atoms with Gasteiger partial charge in [0.15, 0.2) is 0 Å². The van der Waals surface area contributed by atoms with Crippen LogP contribution >= 0.6 is 11.3 Å². The molecule has 0 amide bonds. The van der Waals surface area contributed by atoms with Crippen molar-refractivity contribution in [1.29, 1.82) is 0 Å². The Morgan fingerprint density at radius 2 is 1.67 bits per heavy atom. The number of fused-ring (bicyclic) bond motifs is 1. The molecule has 0 fully saturated rings. The fourth-order valence-corrected chi connectivity index (χ4v) is 2.06. The van der Waals surface area contributed by atoms with E-state index in [0.717, 1.165) is 5.52 Å². The SMILES string of the molecule is O=C(O)c1ccccc1.c1ccc2scnc2c1. The third-order valence-corrected chi connectivity index (χ3v) is 3.07. The topological polar surface area (TPSA) is 50.2 Å². The van der Waals surface area contributed by atoms with Crippen molar-refractivity contribution in [2.45, 2.75) is 0 Å². The van der Waals surface area contributed by atoms with E-state index in [1.54, 1.807) is 41.7 Å². The summed E-state index contributed by atoms with van der Waals surface area (Å²) in [7, 11) is 0. The van der Waals surface area contributed by atoms with E-state index in [1.165, 1.54) is 4.70 Å². The number of carboxylic acid groups (broad SMARTS) is 1. The molecule has 0 aliphatic heterocycles. The Morgan fingerprint density at radius 1 is 1.00 bits per heavy atom. The number of para-hydroxylation sites is 1. The summed E-state index contributed by atoms with van der Waals surface area (Å²) in [5.74, 6) is -0.879. The lowest BCUT2D eigenvalue weighted by Gasteiger charge is -1.88. The molecule has 0 aliphatic rings. The van der Waals surface area contributed by atoms with Crippen molar-refractivity contribution in [2.75, 3.05) is 0 Å². The number of carbonyl (C=O) groups is 1. The third-order valence-electron chi connectivity index (χ3n) is 2.26. The second-order valence-electron chi connectivity index (χ2n) is 3.49. The Hall–Kier alpha value is -2.20. The summed E-state index contributed by atoms with van der Waals surface area (Å²) < 4.78 is 1.26. The zero-order valence-electron chi connectivity index (χ0n) is 9.48. The second-order valence-corrected chi connectivity index (χ2v) is 4.38. The van der Waals surface area contributed by atoms with Crippen molar-refractivity contribution in [3.63, 3.8) is 0 Å². The van der Waals surface area contributed by atoms with Gasteiger partial charge in [0.25, 0.3) is 0 Å². The number of hydrogen-bond donors (Lipinski definition) is 1. The van der Waals surface area contributed by atoms with Crippen LogP contribution in [0.25, 0.3) is 10.2 Å². The van der Waals surface area contributed by atoms with Crippen molar-refractivity contribution in [1.82, 2.24) is 4.98 Å². The van der Waals surface area contributed by atoms with Crippen LogP contribution in [0.4, 0.5) is 0 Å². The maximum Gasteiger partial charge on any atom is 0.335 e. The van der Waals surface area contributed by atoms with Crippen molar-refractivity contribution in [3.05, 3.63) is 65.7 Å². The van der Waals surface area contributed by atoms with E-state index in [4.69, 9.17) is 5.11 Å². The first kappa shape index (κ1) is 12.3. The highest BCUT2D eigenvalue weighted by Gasteiger charge is 1.96. The summed E-state index contributed by atoms with van der Waals surface area (Å²) in [5.41, 5.74) is 3.30. The lowest BCUT2D eigenvalue weighted by atomic mass is 10.2. The minimum absolute atomic E-state index is 0.331. The summed E-state index contributed by atoms with van der Waals surface area (Å²) in [5, 5.41) is 8.38. The molecule has 0 spiro atoms. The van der Waals surface area contributed by atoms with Crippen LogP contribution in [-0.4, -0.2) is 16.1 Å². The monoisotopic (exact) mass is 257 g/mol. The average Bonchev–Trinajstić information content (AvgIpc) is 2.89. The predicted molar refractivity (Wildman–Crippen MR) is 73.0 cm³/mol. The van der Waals surface area contributed by atoms with Gasteiger partial charge >= 0.3 is 5.97 Å². The van der Waals surface area contributed by atoms with Gasteiger partial charge in [-0.1, -0.05) is 30.3 Å². The van der Waals surface area contributed by atoms with Crippen LogP contribution in [0.15, 0.2) is 60.1 Å². The number of carboxylic acids is 1. The van der Waals surface area contributed by atoms with Gasteiger partial charge < -0.3 is 5.11 Å². The van der Waals surface area contributed by atoms with E-state index in [-0.39, 0.29) is 0 Å². The minimum Gasteiger partial charge on any atom is -0.478 e. The summed E-state index contributed by atoms with van der Waals surface area (Å²) in [6.45, 7) is 0. The van der Waals surface area contributed by atoms with E-state index in [0.29, 0.717) is 5.56 Å². The van der Waals surface area contributed by atoms with Gasteiger partial charge in [0.2, 0.25) is 0 Å². The zero-order chi connectivity index (χ0) is 12.8. The van der Waals surface area contributed by atoms with Crippen molar-refractivity contribution < 1.29 is 9.90 Å². The van der Waals surface area contributed by atoms with Crippen LogP contribution in [-0.2, 0) is 0 Å². The molecule has 3 aromatic rings. The van der Waals surface area contributed by atoms with E-state index in [1.807, 2.05) is 23.7 Å². The molecule has 90 valence electrons. The van der Waals surface area contributed by atoms with Crippen molar-refractivity contribution in [2.24, 2.45) is 0 Å². The molecule has 0 radical (unpaired) electrons. The standard InChI is InChI=1S/C7H5NS.C7H6O2/c1-2-4-7-6(3-1)8-5-9-7;8-7(9)6-4-2-1-3-5-6/h1-5H;1-5H,(H,8,9).